The van der Waals surface area contributed by atoms with E-state index in [2.05, 4.69) is 75.0 Å². The summed E-state index contributed by atoms with van der Waals surface area (Å²) >= 11 is 0. The molecule has 0 rings (SSSR count). The highest BCUT2D eigenvalue weighted by atomic mass is 28.3. The fourth-order valence-corrected chi connectivity index (χ4v) is 6.17. The molecule has 1 heteroatoms. The van der Waals surface area contributed by atoms with Crippen molar-refractivity contribution in [2.75, 3.05) is 0 Å². The minimum atomic E-state index is -1.10. The van der Waals surface area contributed by atoms with Crippen LogP contribution in [-0.2, 0) is 0 Å². The second-order valence-corrected chi connectivity index (χ2v) is 15.2. The Balaban J connectivity index is 5.11. The summed E-state index contributed by atoms with van der Waals surface area (Å²) in [6, 6.07) is 0. The van der Waals surface area contributed by atoms with Crippen LogP contribution in [0.5, 0.6) is 0 Å². The predicted molar refractivity (Wildman–Crippen MR) is 89.0 cm³/mol. The second kappa shape index (κ2) is 5.69. The molecule has 0 aromatic rings. The summed E-state index contributed by atoms with van der Waals surface area (Å²) in [6.07, 6.45) is 1.38. The van der Waals surface area contributed by atoms with Gasteiger partial charge in [-0.3, -0.25) is 0 Å². The van der Waals surface area contributed by atoms with E-state index < -0.39 is 8.07 Å². The molecule has 0 aliphatic heterocycles. The second-order valence-electron chi connectivity index (χ2n) is 9.75. The third kappa shape index (κ3) is 5.91. The van der Waals surface area contributed by atoms with E-state index in [1.54, 1.807) is 0 Å². The monoisotopic (exact) mass is 270 g/mol. The Kier molecular flexibility index (Phi) is 5.76. The van der Waals surface area contributed by atoms with Crippen LogP contribution >= 0.6 is 0 Å². The molecule has 0 aliphatic carbocycles. The van der Waals surface area contributed by atoms with E-state index in [0.717, 1.165) is 17.4 Å². The lowest BCUT2D eigenvalue weighted by Gasteiger charge is -2.44. The van der Waals surface area contributed by atoms with Crippen molar-refractivity contribution in [3.63, 3.8) is 0 Å². The van der Waals surface area contributed by atoms with Crippen LogP contribution in [0.1, 0.15) is 61.8 Å². The smallest absolute Gasteiger partial charge is 0.0476 e. The van der Waals surface area contributed by atoms with Crippen molar-refractivity contribution in [2.24, 2.45) is 22.7 Å². The molecule has 0 aromatic heterocycles. The Hall–Kier alpha value is 0.217. The van der Waals surface area contributed by atoms with Crippen molar-refractivity contribution in [3.05, 3.63) is 0 Å². The Bertz CT molecular complexity index is 246. The topological polar surface area (TPSA) is 0 Å². The largest absolute Gasteiger partial charge is 0.0693 e. The van der Waals surface area contributed by atoms with Crippen LogP contribution in [-0.4, -0.2) is 8.07 Å². The van der Waals surface area contributed by atoms with E-state index in [1.165, 1.54) is 6.42 Å². The molecule has 18 heavy (non-hydrogen) atoms. The van der Waals surface area contributed by atoms with Crippen LogP contribution in [0, 0.1) is 22.7 Å². The quantitative estimate of drug-likeness (QED) is 0.515. The highest BCUT2D eigenvalue weighted by molar-refractivity contribution is 6.77. The van der Waals surface area contributed by atoms with Gasteiger partial charge in [-0.15, -0.1) is 0 Å². The lowest BCUT2D eigenvalue weighted by Crippen LogP contribution is -2.39. The van der Waals surface area contributed by atoms with Crippen LogP contribution in [0.25, 0.3) is 0 Å². The molecule has 0 radical (unpaired) electrons. The zero-order valence-corrected chi connectivity index (χ0v) is 15.9. The van der Waals surface area contributed by atoms with Crippen molar-refractivity contribution in [1.82, 2.24) is 0 Å². The molecule has 0 aromatic carbocycles. The number of hydrogen-bond acceptors (Lipinski definition) is 0. The van der Waals surface area contributed by atoms with Crippen LogP contribution in [0.4, 0.5) is 0 Å². The molecule has 0 N–H and O–H groups in total. The van der Waals surface area contributed by atoms with Crippen LogP contribution in [0.15, 0.2) is 0 Å². The Morgan fingerprint density at radius 2 is 1.22 bits per heavy atom. The minimum absolute atomic E-state index is 0.426. The van der Waals surface area contributed by atoms with Gasteiger partial charge < -0.3 is 0 Å². The molecule has 0 bridgehead atoms. The summed E-state index contributed by atoms with van der Waals surface area (Å²) in [6.45, 7) is 27.0. The Morgan fingerprint density at radius 1 is 0.833 bits per heavy atom. The van der Waals surface area contributed by atoms with E-state index in [-0.39, 0.29) is 0 Å². The van der Waals surface area contributed by atoms with E-state index >= 15 is 0 Å². The molecule has 0 nitrogen and oxygen atoms in total. The van der Waals surface area contributed by atoms with E-state index in [0.29, 0.717) is 10.8 Å². The van der Waals surface area contributed by atoms with Gasteiger partial charge in [0.2, 0.25) is 0 Å². The van der Waals surface area contributed by atoms with Crippen LogP contribution in [0.2, 0.25) is 25.2 Å². The normalized spacial score (nSPS) is 19.5. The first-order valence-electron chi connectivity index (χ1n) is 7.66. The molecular formula is C17H38Si. The standard InChI is InChI=1S/C17H38Si/c1-13(14(2)17(6,7)8)15(18(9,10)11)12-16(3,4)5/h13-15H,12H2,1-11H3. The first-order valence-corrected chi connectivity index (χ1v) is 11.2. The molecule has 0 spiro atoms. The highest BCUT2D eigenvalue weighted by Gasteiger charge is 2.39. The van der Waals surface area contributed by atoms with Gasteiger partial charge in [0.1, 0.15) is 0 Å². The molecule has 110 valence electrons. The van der Waals surface area contributed by atoms with Gasteiger partial charge in [-0.25, -0.2) is 0 Å². The van der Waals surface area contributed by atoms with E-state index in [1.807, 2.05) is 0 Å². The highest BCUT2D eigenvalue weighted by Crippen LogP contribution is 2.46. The zero-order valence-electron chi connectivity index (χ0n) is 14.9. The molecule has 0 saturated carbocycles. The average Bonchev–Trinajstić information content (AvgIpc) is 2.07. The van der Waals surface area contributed by atoms with Gasteiger partial charge in [-0.2, -0.15) is 0 Å². The molecule has 0 fully saturated rings. The van der Waals surface area contributed by atoms with E-state index in [9.17, 15) is 0 Å². The van der Waals surface area contributed by atoms with Gasteiger partial charge in [-0.1, -0.05) is 75.0 Å². The maximum atomic E-state index is 2.55. The Labute approximate surface area is 118 Å². The molecule has 0 heterocycles. The molecule has 0 saturated heterocycles. The lowest BCUT2D eigenvalue weighted by atomic mass is 9.72. The summed E-state index contributed by atoms with van der Waals surface area (Å²) in [5.74, 6) is 1.62. The van der Waals surface area contributed by atoms with Crippen molar-refractivity contribution >= 4 is 8.07 Å². The van der Waals surface area contributed by atoms with Gasteiger partial charge in [-0.05, 0) is 34.6 Å². The van der Waals surface area contributed by atoms with Crippen molar-refractivity contribution in [3.8, 4) is 0 Å². The summed E-state index contributed by atoms with van der Waals surface area (Å²) in [5, 5.41) is 0. The van der Waals surface area contributed by atoms with Gasteiger partial charge in [0.25, 0.3) is 0 Å². The zero-order chi connectivity index (χ0) is 14.9. The van der Waals surface area contributed by atoms with Gasteiger partial charge in [0, 0.05) is 8.07 Å². The molecule has 0 amide bonds. The van der Waals surface area contributed by atoms with Crippen molar-refractivity contribution in [2.45, 2.75) is 87.0 Å². The maximum absolute atomic E-state index is 2.55. The Morgan fingerprint density at radius 3 is 1.44 bits per heavy atom. The lowest BCUT2D eigenvalue weighted by molar-refractivity contribution is 0.163. The van der Waals surface area contributed by atoms with Gasteiger partial charge in [0.05, 0.1) is 0 Å². The third-order valence-electron chi connectivity index (χ3n) is 4.73. The van der Waals surface area contributed by atoms with Crippen LogP contribution < -0.4 is 0 Å². The van der Waals surface area contributed by atoms with Gasteiger partial charge in [0.15, 0.2) is 0 Å². The first kappa shape index (κ1) is 18.2. The van der Waals surface area contributed by atoms with E-state index in [4.69, 9.17) is 0 Å². The number of hydrogen-bond donors (Lipinski definition) is 0. The maximum Gasteiger partial charge on any atom is 0.0476 e. The fraction of sp³-hybridized carbons (Fsp3) is 1.00. The summed E-state index contributed by atoms with van der Waals surface area (Å²) < 4.78 is 0. The third-order valence-corrected chi connectivity index (χ3v) is 7.69. The molecular weight excluding hydrogens is 232 g/mol. The average molecular weight is 271 g/mol. The predicted octanol–water partition coefficient (Wildman–Crippen LogP) is 6.45. The first-order chi connectivity index (χ1) is 7.66. The summed E-state index contributed by atoms with van der Waals surface area (Å²) in [5.41, 5.74) is 1.80. The summed E-state index contributed by atoms with van der Waals surface area (Å²) in [4.78, 5) is 0. The number of rotatable bonds is 4. The SMILES string of the molecule is CC(C(C)C(C)(C)C)C(CC(C)(C)C)[Si](C)(C)C. The van der Waals surface area contributed by atoms with Gasteiger partial charge >= 0.3 is 0 Å². The summed E-state index contributed by atoms with van der Waals surface area (Å²) in [7, 11) is -1.10. The minimum Gasteiger partial charge on any atom is -0.0693 e. The molecule has 0 aliphatic rings. The molecule has 3 atom stereocenters. The van der Waals surface area contributed by atoms with Crippen LogP contribution in [0.3, 0.4) is 0 Å². The fourth-order valence-electron chi connectivity index (χ4n) is 3.08. The molecule has 3 unspecified atom stereocenters. The van der Waals surface area contributed by atoms with Crippen molar-refractivity contribution < 1.29 is 0 Å². The van der Waals surface area contributed by atoms with Crippen molar-refractivity contribution in [1.29, 1.82) is 0 Å².